The van der Waals surface area contributed by atoms with Gasteiger partial charge in [-0.1, -0.05) is 46.4 Å². The number of likely N-dealkylation sites (N-methyl/N-ethyl adjacent to an activating group) is 2. The third-order valence-corrected chi connectivity index (χ3v) is 14.7. The zero-order valence-corrected chi connectivity index (χ0v) is 39.8. The third kappa shape index (κ3) is 9.96. The first-order valence-electron chi connectivity index (χ1n) is 22.4. The lowest BCUT2D eigenvalue weighted by Gasteiger charge is -2.37. The van der Waals surface area contributed by atoms with E-state index in [9.17, 15) is 32.7 Å². The van der Waals surface area contributed by atoms with Crippen molar-refractivity contribution in [3.63, 3.8) is 0 Å². The Labute approximate surface area is 386 Å². The highest BCUT2D eigenvalue weighted by Gasteiger charge is 2.41. The molecule has 4 atom stereocenters. The van der Waals surface area contributed by atoms with Crippen LogP contribution in [0.3, 0.4) is 0 Å². The van der Waals surface area contributed by atoms with E-state index in [0.717, 1.165) is 37.6 Å². The van der Waals surface area contributed by atoms with Crippen LogP contribution in [0.4, 0.5) is 0 Å². The van der Waals surface area contributed by atoms with Gasteiger partial charge in [0.25, 0.3) is 5.91 Å². The number of ether oxygens (including phenoxy) is 2. The number of phenols is 1. The van der Waals surface area contributed by atoms with Gasteiger partial charge in [-0.15, -0.1) is 0 Å². The van der Waals surface area contributed by atoms with E-state index in [0.29, 0.717) is 54.9 Å². The Morgan fingerprint density at radius 2 is 1.86 bits per heavy atom. The average molecular weight is 927 g/mol. The molecule has 4 aromatic rings. The number of pyridine rings is 1. The first-order chi connectivity index (χ1) is 31.2. The number of benzene rings is 2. The van der Waals surface area contributed by atoms with Crippen LogP contribution in [0.15, 0.2) is 61.3 Å². The number of cyclic esters (lactones) is 1. The Kier molecular flexibility index (Phi) is 14.0. The molecule has 5 heterocycles. The standard InChI is InChI=1S/C48H62N8O9S/c1-10-55-39-16-15-31-23-35(39)36(44(55)34-13-11-17-49-42(34)29(4)64-9)24-48(5,6)27-65-47(61)37-14-12-18-56(52-37)46(60)38(21-30-19-32(31)22-33(57)20-30)51-45(59)43(28(2)3)54(8)41(58)26-53(7)66(62,63)40-25-50-40/h11,13,15-17,19-20,22-23,28,37-38,40,43,50,52,57H,4,10,12,14,18,21,24-27H2,1-3,5-9H3,(H,51,59)/t37-,38-,40+,43-/m0/s1. The van der Waals surface area contributed by atoms with Crippen LogP contribution < -0.4 is 16.1 Å². The first kappa shape index (κ1) is 48.1. The summed E-state index contributed by atoms with van der Waals surface area (Å²) >= 11 is 0. The van der Waals surface area contributed by atoms with Gasteiger partial charge < -0.3 is 29.4 Å². The molecule has 7 rings (SSSR count). The minimum atomic E-state index is -3.76. The van der Waals surface area contributed by atoms with Gasteiger partial charge in [0.2, 0.25) is 21.8 Å². The third-order valence-electron chi connectivity index (χ3n) is 12.7. The number of phenolic OH excluding ortho intramolecular Hbond substituents is 1. The number of hydrogen-bond donors (Lipinski definition) is 4. The van der Waals surface area contributed by atoms with Crippen molar-refractivity contribution in [3.8, 4) is 28.1 Å². The summed E-state index contributed by atoms with van der Waals surface area (Å²) in [5.74, 6) is -2.37. The molecule has 0 radical (unpaired) electrons. The molecule has 2 saturated heterocycles. The molecule has 2 aromatic carbocycles. The number of rotatable bonds is 12. The van der Waals surface area contributed by atoms with Gasteiger partial charge >= 0.3 is 5.97 Å². The minimum Gasteiger partial charge on any atom is -0.508 e. The molecule has 0 saturated carbocycles. The van der Waals surface area contributed by atoms with Gasteiger partial charge in [0.15, 0.2) is 0 Å². The highest BCUT2D eigenvalue weighted by molar-refractivity contribution is 7.90. The highest BCUT2D eigenvalue weighted by Crippen LogP contribution is 2.42. The average Bonchev–Trinajstić information content (AvgIpc) is 4.11. The SMILES string of the molecule is C=C(OC)c1ncccc1-c1c2c3cc(ccc3n1CC)-c1cc(O)cc(c1)C[C@H](NC(=O)[C@H](C(C)C)N(C)C(=O)CN(C)S(=O)(=O)[C@@H]1CN1)C(=O)N1CCC[C@H](N1)C(=O)OCC(C)(C)C2. The topological polar surface area (TPSA) is 215 Å². The summed E-state index contributed by atoms with van der Waals surface area (Å²) in [6, 6.07) is 11.9. The van der Waals surface area contributed by atoms with Crippen molar-refractivity contribution in [1.82, 2.24) is 39.8 Å². The van der Waals surface area contributed by atoms with Crippen molar-refractivity contribution in [3.05, 3.63) is 78.1 Å². The number of carbonyl (C=O) groups is 4. The van der Waals surface area contributed by atoms with E-state index < -0.39 is 75.1 Å². The Hall–Kier alpha value is -5.82. The number of hydrogen-bond acceptors (Lipinski definition) is 12. The quantitative estimate of drug-likeness (QED) is 0.0901. The summed E-state index contributed by atoms with van der Waals surface area (Å²) < 4.78 is 40.5. The van der Waals surface area contributed by atoms with Crippen LogP contribution in [0, 0.1) is 11.3 Å². The summed E-state index contributed by atoms with van der Waals surface area (Å²) in [6.45, 7) is 14.5. The molecule has 17 nitrogen and oxygen atoms in total. The maximum Gasteiger partial charge on any atom is 0.324 e. The predicted molar refractivity (Wildman–Crippen MR) is 251 cm³/mol. The molecule has 3 amide bonds. The maximum atomic E-state index is 14.7. The minimum absolute atomic E-state index is 0.0504. The van der Waals surface area contributed by atoms with Gasteiger partial charge in [0.05, 0.1) is 26.0 Å². The number of aromatic nitrogens is 2. The van der Waals surface area contributed by atoms with Crippen LogP contribution in [0.5, 0.6) is 5.75 Å². The van der Waals surface area contributed by atoms with E-state index in [2.05, 4.69) is 45.2 Å². The van der Waals surface area contributed by atoms with Crippen LogP contribution in [0.1, 0.15) is 64.3 Å². The second kappa shape index (κ2) is 19.2. The molecule has 6 bridgehead atoms. The number of methoxy groups -OCH3 is 1. The van der Waals surface area contributed by atoms with Crippen LogP contribution in [0.25, 0.3) is 39.0 Å². The fourth-order valence-electron chi connectivity index (χ4n) is 9.13. The number of aryl methyl sites for hydroxylation is 1. The van der Waals surface area contributed by atoms with Crippen molar-refractivity contribution in [2.75, 3.05) is 47.4 Å². The molecule has 3 aliphatic heterocycles. The Morgan fingerprint density at radius 1 is 1.12 bits per heavy atom. The molecule has 0 aliphatic carbocycles. The summed E-state index contributed by atoms with van der Waals surface area (Å²) in [5, 5.41) is 18.5. The number of sulfonamides is 1. The molecule has 18 heteroatoms. The fourth-order valence-corrected chi connectivity index (χ4v) is 10.4. The largest absolute Gasteiger partial charge is 0.508 e. The van der Waals surface area contributed by atoms with Crippen molar-refractivity contribution < 1.29 is 42.2 Å². The van der Waals surface area contributed by atoms with Gasteiger partial charge in [0.1, 0.15) is 40.7 Å². The molecule has 4 N–H and O–H groups in total. The highest BCUT2D eigenvalue weighted by atomic mass is 32.2. The van der Waals surface area contributed by atoms with E-state index in [-0.39, 0.29) is 25.3 Å². The number of nitrogens with one attached hydrogen (secondary N) is 3. The number of hydrazine groups is 1. The van der Waals surface area contributed by atoms with Crippen molar-refractivity contribution in [2.45, 2.75) is 90.3 Å². The predicted octanol–water partition coefficient (Wildman–Crippen LogP) is 4.04. The zero-order valence-electron chi connectivity index (χ0n) is 39.0. The van der Waals surface area contributed by atoms with Gasteiger partial charge in [-0.05, 0) is 90.8 Å². The molecular weight excluding hydrogens is 865 g/mol. The Bertz CT molecular complexity index is 2660. The van der Waals surface area contributed by atoms with Gasteiger partial charge in [-0.25, -0.2) is 13.8 Å². The molecule has 2 fully saturated rings. The van der Waals surface area contributed by atoms with Crippen LogP contribution in [0.2, 0.25) is 0 Å². The number of nitrogens with zero attached hydrogens (tertiary/aromatic N) is 5. The van der Waals surface area contributed by atoms with E-state index in [1.165, 1.54) is 24.0 Å². The second-order valence-corrected chi connectivity index (χ2v) is 20.9. The normalized spacial score (nSPS) is 20.4. The lowest BCUT2D eigenvalue weighted by molar-refractivity contribution is -0.155. The van der Waals surface area contributed by atoms with E-state index in [4.69, 9.17) is 9.47 Å². The van der Waals surface area contributed by atoms with Gasteiger partial charge in [-0.3, -0.25) is 34.5 Å². The molecule has 0 unspecified atom stereocenters. The summed E-state index contributed by atoms with van der Waals surface area (Å²) in [7, 11) is 0.555. The molecule has 3 aliphatic rings. The molecule has 2 aromatic heterocycles. The van der Waals surface area contributed by atoms with Crippen LogP contribution in [-0.2, 0) is 58.1 Å². The number of fused-ring (bicyclic) bond motifs is 6. The van der Waals surface area contributed by atoms with E-state index in [1.807, 2.05) is 44.2 Å². The lowest BCUT2D eigenvalue weighted by atomic mass is 9.84. The van der Waals surface area contributed by atoms with Gasteiger partial charge in [0, 0.05) is 68.2 Å². The Balaban J connectivity index is 1.31. The number of amides is 3. The van der Waals surface area contributed by atoms with Crippen LogP contribution in [-0.4, -0.2) is 132 Å². The number of carbonyl (C=O) groups excluding carboxylic acids is 4. The van der Waals surface area contributed by atoms with Crippen molar-refractivity contribution >= 4 is 50.4 Å². The fraction of sp³-hybridized carbons (Fsp3) is 0.479. The smallest absolute Gasteiger partial charge is 0.324 e. The Morgan fingerprint density at radius 3 is 2.55 bits per heavy atom. The lowest BCUT2D eigenvalue weighted by Crippen LogP contribution is -2.62. The van der Waals surface area contributed by atoms with Crippen molar-refractivity contribution in [2.24, 2.45) is 11.3 Å². The summed E-state index contributed by atoms with van der Waals surface area (Å²) in [6.07, 6.45) is 3.01. The summed E-state index contributed by atoms with van der Waals surface area (Å²) in [4.78, 5) is 62.4. The first-order valence-corrected chi connectivity index (χ1v) is 23.9. The molecular formula is C48H62N8O9S. The van der Waals surface area contributed by atoms with Crippen molar-refractivity contribution in [1.29, 1.82) is 0 Å². The molecule has 66 heavy (non-hydrogen) atoms. The second-order valence-electron chi connectivity index (χ2n) is 18.6. The van der Waals surface area contributed by atoms with Gasteiger partial charge in [-0.2, -0.15) is 4.31 Å². The summed E-state index contributed by atoms with van der Waals surface area (Å²) in [5.41, 5.74) is 8.81. The zero-order chi connectivity index (χ0) is 47.8. The number of aromatic hydroxyl groups is 1. The maximum absolute atomic E-state index is 14.7. The molecule has 354 valence electrons. The van der Waals surface area contributed by atoms with E-state index >= 15 is 0 Å². The number of esters is 1. The van der Waals surface area contributed by atoms with Crippen LogP contribution >= 0.6 is 0 Å². The molecule has 0 spiro atoms. The van der Waals surface area contributed by atoms with E-state index in [1.54, 1.807) is 39.3 Å². The monoisotopic (exact) mass is 926 g/mol.